The molecule has 0 aliphatic carbocycles. The van der Waals surface area contributed by atoms with Crippen molar-refractivity contribution < 1.29 is 22.7 Å². The quantitative estimate of drug-likeness (QED) is 0.698. The van der Waals surface area contributed by atoms with Crippen molar-refractivity contribution in [2.75, 3.05) is 26.0 Å². The summed E-state index contributed by atoms with van der Waals surface area (Å²) in [5, 5.41) is 2.64. The Labute approximate surface area is 177 Å². The molecule has 0 fully saturated rings. The molecule has 0 atom stereocenters. The van der Waals surface area contributed by atoms with Gasteiger partial charge in [0.25, 0.3) is 11.8 Å². The van der Waals surface area contributed by atoms with Crippen molar-refractivity contribution in [1.82, 2.24) is 9.62 Å². The fourth-order valence-electron chi connectivity index (χ4n) is 2.46. The van der Waals surface area contributed by atoms with E-state index in [0.29, 0.717) is 5.75 Å². The Morgan fingerprint density at radius 3 is 2.33 bits per heavy atom. The van der Waals surface area contributed by atoms with Crippen molar-refractivity contribution >= 4 is 27.5 Å². The number of hydrogen-bond acceptors (Lipinski definition) is 5. The lowest BCUT2D eigenvalue weighted by Crippen LogP contribution is -2.40. The number of para-hydroxylation sites is 1. The average Bonchev–Trinajstić information content (AvgIpc) is 2.64. The SMILES string of the molecule is CN(C)C(=O)COc1cccc(C(=O)Nc2ccccc2S(=O)(=O)NC(C)(C)C)c1. The van der Waals surface area contributed by atoms with E-state index in [2.05, 4.69) is 10.0 Å². The molecule has 9 heteroatoms. The van der Waals surface area contributed by atoms with Gasteiger partial charge < -0.3 is 15.0 Å². The minimum absolute atomic E-state index is 0.0303. The minimum Gasteiger partial charge on any atom is -0.484 e. The van der Waals surface area contributed by atoms with Gasteiger partial charge in [-0.15, -0.1) is 0 Å². The molecule has 0 saturated carbocycles. The molecule has 2 aromatic carbocycles. The lowest BCUT2D eigenvalue weighted by Gasteiger charge is -2.21. The standard InChI is InChI=1S/C21H27N3O5S/c1-21(2,3)23-30(27,28)18-12-7-6-11-17(18)22-20(26)15-9-8-10-16(13-15)29-14-19(25)24(4)5/h6-13,23H,14H2,1-5H3,(H,22,26). The number of hydrogen-bond donors (Lipinski definition) is 2. The van der Waals surface area contributed by atoms with Crippen LogP contribution in [0.15, 0.2) is 53.4 Å². The number of benzene rings is 2. The Hall–Kier alpha value is -2.91. The van der Waals surface area contributed by atoms with Crippen LogP contribution in [0.3, 0.4) is 0 Å². The van der Waals surface area contributed by atoms with E-state index in [0.717, 1.165) is 0 Å². The fraction of sp³-hybridized carbons (Fsp3) is 0.333. The number of sulfonamides is 1. The summed E-state index contributed by atoms with van der Waals surface area (Å²) >= 11 is 0. The molecule has 0 saturated heterocycles. The van der Waals surface area contributed by atoms with Crippen molar-refractivity contribution in [3.63, 3.8) is 0 Å². The molecular formula is C21H27N3O5S. The Balaban J connectivity index is 2.21. The zero-order valence-corrected chi connectivity index (χ0v) is 18.5. The summed E-state index contributed by atoms with van der Waals surface area (Å²) < 4.78 is 33.5. The van der Waals surface area contributed by atoms with E-state index < -0.39 is 21.5 Å². The van der Waals surface area contributed by atoms with Crippen LogP contribution in [0.4, 0.5) is 5.69 Å². The second-order valence-electron chi connectivity index (χ2n) is 7.91. The number of likely N-dealkylation sites (N-methyl/N-ethyl adjacent to an activating group) is 1. The van der Waals surface area contributed by atoms with Gasteiger partial charge in [0.2, 0.25) is 10.0 Å². The molecular weight excluding hydrogens is 406 g/mol. The van der Waals surface area contributed by atoms with Crippen LogP contribution in [0.1, 0.15) is 31.1 Å². The predicted molar refractivity (Wildman–Crippen MR) is 115 cm³/mol. The molecule has 2 aromatic rings. The highest BCUT2D eigenvalue weighted by molar-refractivity contribution is 7.89. The Bertz CT molecular complexity index is 1030. The molecule has 0 heterocycles. The van der Waals surface area contributed by atoms with E-state index in [1.54, 1.807) is 65.2 Å². The van der Waals surface area contributed by atoms with Crippen LogP contribution >= 0.6 is 0 Å². The zero-order chi connectivity index (χ0) is 22.5. The molecule has 0 radical (unpaired) electrons. The largest absolute Gasteiger partial charge is 0.484 e. The number of amides is 2. The summed E-state index contributed by atoms with van der Waals surface area (Å²) in [7, 11) is -0.601. The smallest absolute Gasteiger partial charge is 0.259 e. The Kier molecular flexibility index (Phi) is 7.22. The molecule has 2 rings (SSSR count). The number of carbonyl (C=O) groups is 2. The van der Waals surface area contributed by atoms with Gasteiger partial charge in [-0.3, -0.25) is 9.59 Å². The summed E-state index contributed by atoms with van der Waals surface area (Å²) in [6.45, 7) is 5.05. The van der Waals surface area contributed by atoms with Crippen LogP contribution in [-0.2, 0) is 14.8 Å². The maximum atomic E-state index is 12.7. The second-order valence-corrected chi connectivity index (χ2v) is 9.56. The number of nitrogens with zero attached hydrogens (tertiary/aromatic N) is 1. The number of carbonyl (C=O) groups excluding carboxylic acids is 2. The minimum atomic E-state index is -3.84. The van der Waals surface area contributed by atoms with Crippen molar-refractivity contribution in [1.29, 1.82) is 0 Å². The molecule has 0 spiro atoms. The van der Waals surface area contributed by atoms with Gasteiger partial charge in [0.1, 0.15) is 10.6 Å². The molecule has 8 nitrogen and oxygen atoms in total. The average molecular weight is 434 g/mol. The van der Waals surface area contributed by atoms with Crippen LogP contribution < -0.4 is 14.8 Å². The van der Waals surface area contributed by atoms with Crippen molar-refractivity contribution in [3.05, 3.63) is 54.1 Å². The van der Waals surface area contributed by atoms with E-state index in [9.17, 15) is 18.0 Å². The highest BCUT2D eigenvalue weighted by Gasteiger charge is 2.25. The van der Waals surface area contributed by atoms with Crippen molar-refractivity contribution in [2.24, 2.45) is 0 Å². The van der Waals surface area contributed by atoms with Gasteiger partial charge in [0.15, 0.2) is 6.61 Å². The highest BCUT2D eigenvalue weighted by Crippen LogP contribution is 2.23. The topological polar surface area (TPSA) is 105 Å². The monoisotopic (exact) mass is 433 g/mol. The lowest BCUT2D eigenvalue weighted by molar-refractivity contribution is -0.130. The maximum Gasteiger partial charge on any atom is 0.259 e. The number of anilines is 1. The second kappa shape index (κ2) is 9.27. The van der Waals surface area contributed by atoms with E-state index in [-0.39, 0.29) is 28.7 Å². The third-order valence-electron chi connectivity index (χ3n) is 3.82. The van der Waals surface area contributed by atoms with Gasteiger partial charge in [-0.2, -0.15) is 0 Å². The van der Waals surface area contributed by atoms with Crippen LogP contribution in [0.2, 0.25) is 0 Å². The third kappa shape index (κ3) is 6.57. The van der Waals surface area contributed by atoms with Gasteiger partial charge in [-0.05, 0) is 51.1 Å². The van der Waals surface area contributed by atoms with Gasteiger partial charge in [0, 0.05) is 25.2 Å². The molecule has 30 heavy (non-hydrogen) atoms. The first-order valence-corrected chi connectivity index (χ1v) is 10.7. The van der Waals surface area contributed by atoms with Crippen LogP contribution in [0.25, 0.3) is 0 Å². The van der Waals surface area contributed by atoms with Crippen LogP contribution in [-0.4, -0.2) is 51.4 Å². The van der Waals surface area contributed by atoms with Crippen molar-refractivity contribution in [2.45, 2.75) is 31.2 Å². The first-order chi connectivity index (χ1) is 13.9. The Morgan fingerprint density at radius 2 is 1.70 bits per heavy atom. The molecule has 0 unspecified atom stereocenters. The van der Waals surface area contributed by atoms with Crippen molar-refractivity contribution in [3.8, 4) is 5.75 Å². The van der Waals surface area contributed by atoms with Gasteiger partial charge in [-0.25, -0.2) is 13.1 Å². The van der Waals surface area contributed by atoms with Gasteiger partial charge >= 0.3 is 0 Å². The van der Waals surface area contributed by atoms with Gasteiger partial charge in [-0.1, -0.05) is 18.2 Å². The van der Waals surface area contributed by atoms with Crippen LogP contribution in [0, 0.1) is 0 Å². The summed E-state index contributed by atoms with van der Waals surface area (Å²) in [6, 6.07) is 12.5. The molecule has 2 N–H and O–H groups in total. The summed E-state index contributed by atoms with van der Waals surface area (Å²) in [6.07, 6.45) is 0. The molecule has 0 aliphatic rings. The summed E-state index contributed by atoms with van der Waals surface area (Å²) in [4.78, 5) is 25.8. The molecule has 0 aromatic heterocycles. The summed E-state index contributed by atoms with van der Waals surface area (Å²) in [5.41, 5.74) is -0.250. The molecule has 2 amide bonds. The first kappa shape index (κ1) is 23.4. The zero-order valence-electron chi connectivity index (χ0n) is 17.7. The maximum absolute atomic E-state index is 12.7. The van der Waals surface area contributed by atoms with E-state index >= 15 is 0 Å². The number of rotatable bonds is 7. The Morgan fingerprint density at radius 1 is 1.03 bits per heavy atom. The van der Waals surface area contributed by atoms with E-state index in [4.69, 9.17) is 4.74 Å². The van der Waals surface area contributed by atoms with Crippen LogP contribution in [0.5, 0.6) is 5.75 Å². The summed E-state index contributed by atoms with van der Waals surface area (Å²) in [5.74, 6) is -0.360. The number of nitrogens with one attached hydrogen (secondary N) is 2. The molecule has 0 bridgehead atoms. The van der Waals surface area contributed by atoms with E-state index in [1.165, 1.54) is 23.1 Å². The van der Waals surface area contributed by atoms with E-state index in [1.807, 2.05) is 0 Å². The fourth-order valence-corrected chi connectivity index (χ4v) is 4.04. The molecule has 0 aliphatic heterocycles. The highest BCUT2D eigenvalue weighted by atomic mass is 32.2. The van der Waals surface area contributed by atoms with Gasteiger partial charge in [0.05, 0.1) is 5.69 Å². The number of ether oxygens (including phenoxy) is 1. The lowest BCUT2D eigenvalue weighted by atomic mass is 10.1. The predicted octanol–water partition coefficient (Wildman–Crippen LogP) is 2.48. The third-order valence-corrected chi connectivity index (χ3v) is 5.64. The first-order valence-electron chi connectivity index (χ1n) is 9.26. The molecule has 162 valence electrons. The normalized spacial score (nSPS) is 11.6.